The number of benzene rings is 2. The highest BCUT2D eigenvalue weighted by atomic mass is 16.5. The van der Waals surface area contributed by atoms with Crippen LogP contribution >= 0.6 is 0 Å². The van der Waals surface area contributed by atoms with E-state index in [4.69, 9.17) is 9.47 Å². The molecule has 1 aliphatic heterocycles. The van der Waals surface area contributed by atoms with Crippen LogP contribution < -0.4 is 9.47 Å². The molecule has 0 atom stereocenters. The van der Waals surface area contributed by atoms with Crippen molar-refractivity contribution in [1.29, 1.82) is 0 Å². The molecule has 4 N–H and O–H groups in total. The summed E-state index contributed by atoms with van der Waals surface area (Å²) in [4.78, 5) is 4.46. The smallest absolute Gasteiger partial charge is 0.200 e. The van der Waals surface area contributed by atoms with E-state index < -0.39 is 0 Å². The van der Waals surface area contributed by atoms with Crippen molar-refractivity contribution in [2.75, 3.05) is 34.0 Å². The number of phenols is 4. The molecule has 3 rings (SSSR count). The second kappa shape index (κ2) is 8.45. The molecule has 152 valence electrons. The standard InChI is InChI=1S/C20H26N2O6/c1-27-17-8-13(6-15(23)19(17)25)10-21-4-3-5-22(12-21)11-14-7-16(24)20(26)18(9-14)28-2/h6-9,23-26H,3-5,10-12H2,1-2H3. The van der Waals surface area contributed by atoms with Crippen LogP contribution in [-0.2, 0) is 13.1 Å². The minimum absolute atomic E-state index is 0.199. The summed E-state index contributed by atoms with van der Waals surface area (Å²) in [6.45, 7) is 3.72. The van der Waals surface area contributed by atoms with E-state index in [2.05, 4.69) is 9.80 Å². The van der Waals surface area contributed by atoms with E-state index in [1.165, 1.54) is 14.2 Å². The lowest BCUT2D eigenvalue weighted by Gasteiger charge is -2.35. The molecule has 0 aromatic heterocycles. The molecule has 0 amide bonds. The highest BCUT2D eigenvalue weighted by molar-refractivity contribution is 5.52. The van der Waals surface area contributed by atoms with Crippen LogP contribution in [0.5, 0.6) is 34.5 Å². The maximum Gasteiger partial charge on any atom is 0.200 e. The fraction of sp³-hybridized carbons (Fsp3) is 0.400. The van der Waals surface area contributed by atoms with Gasteiger partial charge in [0, 0.05) is 26.2 Å². The van der Waals surface area contributed by atoms with E-state index in [-0.39, 0.29) is 34.5 Å². The Hall–Kier alpha value is -2.84. The number of methoxy groups -OCH3 is 2. The molecule has 0 aliphatic carbocycles. The number of hydrogen-bond acceptors (Lipinski definition) is 8. The second-order valence-electron chi connectivity index (χ2n) is 6.93. The largest absolute Gasteiger partial charge is 0.504 e. The first kappa shape index (κ1) is 19.9. The average Bonchev–Trinajstić information content (AvgIpc) is 2.67. The fourth-order valence-electron chi connectivity index (χ4n) is 3.51. The van der Waals surface area contributed by atoms with Gasteiger partial charge in [0.1, 0.15) is 0 Å². The Morgan fingerprint density at radius 3 is 1.57 bits per heavy atom. The zero-order valence-electron chi connectivity index (χ0n) is 16.1. The maximum absolute atomic E-state index is 9.87. The lowest BCUT2D eigenvalue weighted by atomic mass is 10.1. The van der Waals surface area contributed by atoms with Gasteiger partial charge in [-0.2, -0.15) is 0 Å². The van der Waals surface area contributed by atoms with Crippen molar-refractivity contribution in [3.63, 3.8) is 0 Å². The number of phenolic OH excluding ortho intramolecular Hbond substituents is 4. The van der Waals surface area contributed by atoms with Gasteiger partial charge in [0.2, 0.25) is 11.5 Å². The van der Waals surface area contributed by atoms with Crippen molar-refractivity contribution < 1.29 is 29.9 Å². The monoisotopic (exact) mass is 390 g/mol. The molecule has 0 bridgehead atoms. The SMILES string of the molecule is COc1cc(CN2CCCN(Cc3cc(O)c(O)c(OC)c3)C2)cc(O)c1O. The van der Waals surface area contributed by atoms with Crippen LogP contribution in [0.3, 0.4) is 0 Å². The third-order valence-corrected chi connectivity index (χ3v) is 4.83. The summed E-state index contributed by atoms with van der Waals surface area (Å²) in [5.41, 5.74) is 1.69. The van der Waals surface area contributed by atoms with E-state index in [1.54, 1.807) is 24.3 Å². The van der Waals surface area contributed by atoms with Crippen LogP contribution in [-0.4, -0.2) is 64.2 Å². The molecule has 0 unspecified atom stereocenters. The van der Waals surface area contributed by atoms with Crippen molar-refractivity contribution in [2.24, 2.45) is 0 Å². The zero-order valence-corrected chi connectivity index (χ0v) is 16.1. The van der Waals surface area contributed by atoms with Gasteiger partial charge in [0.15, 0.2) is 23.0 Å². The first-order chi connectivity index (χ1) is 13.4. The molecule has 1 heterocycles. The van der Waals surface area contributed by atoms with E-state index in [9.17, 15) is 20.4 Å². The molecule has 1 fully saturated rings. The molecule has 0 spiro atoms. The molecule has 2 aromatic rings. The average molecular weight is 390 g/mol. The molecule has 1 aliphatic rings. The van der Waals surface area contributed by atoms with Crippen LogP contribution in [0.4, 0.5) is 0 Å². The van der Waals surface area contributed by atoms with E-state index in [0.29, 0.717) is 19.8 Å². The van der Waals surface area contributed by atoms with Gasteiger partial charge in [-0.25, -0.2) is 0 Å². The van der Waals surface area contributed by atoms with Gasteiger partial charge in [-0.1, -0.05) is 0 Å². The first-order valence-corrected chi connectivity index (χ1v) is 9.03. The Bertz CT molecular complexity index is 774. The number of hydrogen-bond donors (Lipinski definition) is 4. The maximum atomic E-state index is 9.87. The molecular weight excluding hydrogens is 364 g/mol. The Morgan fingerprint density at radius 1 is 0.750 bits per heavy atom. The highest BCUT2D eigenvalue weighted by Gasteiger charge is 2.20. The van der Waals surface area contributed by atoms with Gasteiger partial charge in [0.25, 0.3) is 0 Å². The number of nitrogens with zero attached hydrogens (tertiary/aromatic N) is 2. The van der Waals surface area contributed by atoms with Gasteiger partial charge >= 0.3 is 0 Å². The fourth-order valence-corrected chi connectivity index (χ4v) is 3.51. The minimum Gasteiger partial charge on any atom is -0.504 e. The normalized spacial score (nSPS) is 15.5. The third-order valence-electron chi connectivity index (χ3n) is 4.83. The molecule has 0 saturated carbocycles. The Morgan fingerprint density at radius 2 is 1.18 bits per heavy atom. The summed E-state index contributed by atoms with van der Waals surface area (Å²) < 4.78 is 10.2. The minimum atomic E-state index is -0.257. The Labute approximate surface area is 163 Å². The van der Waals surface area contributed by atoms with Gasteiger partial charge in [-0.15, -0.1) is 0 Å². The van der Waals surface area contributed by atoms with E-state index >= 15 is 0 Å². The summed E-state index contributed by atoms with van der Waals surface area (Å²) in [6, 6.07) is 6.52. The summed E-state index contributed by atoms with van der Waals surface area (Å²) in [6.07, 6.45) is 0.975. The molecule has 1 saturated heterocycles. The van der Waals surface area contributed by atoms with Crippen molar-refractivity contribution in [1.82, 2.24) is 9.80 Å². The molecule has 0 radical (unpaired) electrons. The van der Waals surface area contributed by atoms with Crippen molar-refractivity contribution in [3.05, 3.63) is 35.4 Å². The summed E-state index contributed by atoms with van der Waals surface area (Å²) >= 11 is 0. The van der Waals surface area contributed by atoms with Gasteiger partial charge in [-0.05, 0) is 41.8 Å². The third kappa shape index (κ3) is 4.35. The van der Waals surface area contributed by atoms with Crippen molar-refractivity contribution in [2.45, 2.75) is 19.5 Å². The number of ether oxygens (including phenoxy) is 2. The highest BCUT2D eigenvalue weighted by Crippen LogP contribution is 2.38. The predicted molar refractivity (Wildman–Crippen MR) is 103 cm³/mol. The van der Waals surface area contributed by atoms with Gasteiger partial charge in [-0.3, -0.25) is 9.80 Å². The Kier molecular flexibility index (Phi) is 6.01. The molecule has 28 heavy (non-hydrogen) atoms. The van der Waals surface area contributed by atoms with Gasteiger partial charge in [0.05, 0.1) is 20.9 Å². The second-order valence-corrected chi connectivity index (χ2v) is 6.93. The summed E-state index contributed by atoms with van der Waals surface area (Å²) in [5.74, 6) is -0.420. The predicted octanol–water partition coefficient (Wildman–Crippen LogP) is 2.19. The topological polar surface area (TPSA) is 106 Å². The van der Waals surface area contributed by atoms with Crippen LogP contribution in [0.2, 0.25) is 0 Å². The van der Waals surface area contributed by atoms with E-state index in [0.717, 1.165) is 30.6 Å². The lowest BCUT2D eigenvalue weighted by Crippen LogP contribution is -2.43. The number of rotatable bonds is 6. The lowest BCUT2D eigenvalue weighted by molar-refractivity contribution is 0.0743. The van der Waals surface area contributed by atoms with Crippen LogP contribution in [0.15, 0.2) is 24.3 Å². The summed E-state index contributed by atoms with van der Waals surface area (Å²) in [7, 11) is 2.89. The molecule has 8 nitrogen and oxygen atoms in total. The zero-order chi connectivity index (χ0) is 20.3. The molecular formula is C20H26N2O6. The molecule has 2 aromatic carbocycles. The van der Waals surface area contributed by atoms with Crippen molar-refractivity contribution in [3.8, 4) is 34.5 Å². The first-order valence-electron chi connectivity index (χ1n) is 9.03. The molecule has 8 heteroatoms. The Balaban J connectivity index is 1.68. The summed E-state index contributed by atoms with van der Waals surface area (Å²) in [5, 5.41) is 39.3. The van der Waals surface area contributed by atoms with E-state index in [1.807, 2.05) is 0 Å². The van der Waals surface area contributed by atoms with Crippen molar-refractivity contribution >= 4 is 0 Å². The van der Waals surface area contributed by atoms with Crippen LogP contribution in [0, 0.1) is 0 Å². The van der Waals surface area contributed by atoms with Crippen LogP contribution in [0.1, 0.15) is 17.5 Å². The van der Waals surface area contributed by atoms with Crippen LogP contribution in [0.25, 0.3) is 0 Å². The number of aromatic hydroxyl groups is 4. The van der Waals surface area contributed by atoms with Gasteiger partial charge < -0.3 is 29.9 Å². The quantitative estimate of drug-likeness (QED) is 0.556.